The Kier molecular flexibility index (Phi) is 4.19. The van der Waals surface area contributed by atoms with E-state index in [0.717, 1.165) is 10.8 Å². The first kappa shape index (κ1) is 15.8. The molecule has 0 N–H and O–H groups in total. The summed E-state index contributed by atoms with van der Waals surface area (Å²) in [6, 6.07) is 18.6. The second-order valence-corrected chi connectivity index (χ2v) is 6.66. The van der Waals surface area contributed by atoms with Crippen LogP contribution >= 0.6 is 11.8 Å². The third-order valence-electron chi connectivity index (χ3n) is 3.99. The van der Waals surface area contributed by atoms with E-state index in [2.05, 4.69) is 34.4 Å². The minimum Gasteiger partial charge on any atom is -0.206 e. The summed E-state index contributed by atoms with van der Waals surface area (Å²) in [5.41, 5.74) is 3.52. The molecule has 0 aliphatic rings. The summed E-state index contributed by atoms with van der Waals surface area (Å²) in [6.45, 7) is 2.10. The van der Waals surface area contributed by atoms with Crippen LogP contribution in [0, 0.1) is 12.7 Å². The summed E-state index contributed by atoms with van der Waals surface area (Å²) < 4.78 is 15.7. The second kappa shape index (κ2) is 6.64. The molecule has 4 aromatic rings. The summed E-state index contributed by atoms with van der Waals surface area (Å²) in [5, 5.41) is 13.6. The minimum absolute atomic E-state index is 0.337. The normalized spacial score (nSPS) is 11.1. The van der Waals surface area contributed by atoms with Gasteiger partial charge < -0.3 is 0 Å². The van der Waals surface area contributed by atoms with Crippen LogP contribution in [0.5, 0.6) is 0 Å². The predicted octanol–water partition coefficient (Wildman–Crippen LogP) is 4.53. The fourth-order valence-electron chi connectivity index (χ4n) is 2.58. The highest BCUT2D eigenvalue weighted by molar-refractivity contribution is 7.98. The van der Waals surface area contributed by atoms with Crippen LogP contribution < -0.4 is 0 Å². The zero-order valence-electron chi connectivity index (χ0n) is 13.6. The zero-order valence-corrected chi connectivity index (χ0v) is 14.4. The number of rotatable bonds is 4. The van der Waals surface area contributed by atoms with Gasteiger partial charge in [0.25, 0.3) is 0 Å². The average molecular weight is 350 g/mol. The van der Waals surface area contributed by atoms with Gasteiger partial charge in [0.05, 0.1) is 5.56 Å². The molecule has 0 radical (unpaired) electrons. The van der Waals surface area contributed by atoms with Crippen molar-refractivity contribution in [3.8, 4) is 11.4 Å². The lowest BCUT2D eigenvalue weighted by atomic mass is 10.1. The molecule has 2 heterocycles. The van der Waals surface area contributed by atoms with Gasteiger partial charge in [0.1, 0.15) is 10.8 Å². The summed E-state index contributed by atoms with van der Waals surface area (Å²) in [7, 11) is 0. The Bertz CT molecular complexity index is 1040. The van der Waals surface area contributed by atoms with Gasteiger partial charge in [-0.15, -0.1) is 10.2 Å². The Morgan fingerprint density at radius 1 is 0.960 bits per heavy atom. The lowest BCUT2D eigenvalue weighted by molar-refractivity contribution is 0.629. The molecule has 0 atom stereocenters. The molecule has 124 valence electrons. The third kappa shape index (κ3) is 3.13. The Labute approximate surface area is 148 Å². The molecular formula is C19H15FN4S. The number of hydrogen-bond acceptors (Lipinski definition) is 4. The van der Waals surface area contributed by atoms with Crippen LogP contribution in [-0.2, 0) is 5.75 Å². The van der Waals surface area contributed by atoms with Gasteiger partial charge in [-0.05, 0) is 42.3 Å². The van der Waals surface area contributed by atoms with Crippen LogP contribution in [0.1, 0.15) is 11.1 Å². The van der Waals surface area contributed by atoms with Crippen molar-refractivity contribution in [3.05, 3.63) is 77.6 Å². The van der Waals surface area contributed by atoms with Crippen molar-refractivity contribution in [3.63, 3.8) is 0 Å². The van der Waals surface area contributed by atoms with E-state index >= 15 is 0 Å². The molecule has 2 aromatic heterocycles. The predicted molar refractivity (Wildman–Crippen MR) is 96.9 cm³/mol. The van der Waals surface area contributed by atoms with Crippen LogP contribution in [0.15, 0.2) is 65.7 Å². The molecule has 4 nitrogen and oxygen atoms in total. The first-order valence-electron chi connectivity index (χ1n) is 7.87. The van der Waals surface area contributed by atoms with Crippen LogP contribution in [0.2, 0.25) is 0 Å². The molecular weight excluding hydrogens is 335 g/mol. The van der Waals surface area contributed by atoms with Crippen molar-refractivity contribution < 1.29 is 4.39 Å². The Morgan fingerprint density at radius 3 is 2.60 bits per heavy atom. The fourth-order valence-corrected chi connectivity index (χ4v) is 3.51. The second-order valence-electron chi connectivity index (χ2n) is 5.66. The highest BCUT2D eigenvalue weighted by Crippen LogP contribution is 2.25. The molecule has 0 amide bonds. The van der Waals surface area contributed by atoms with Gasteiger partial charge in [0, 0.05) is 5.75 Å². The quantitative estimate of drug-likeness (QED) is 0.507. The third-order valence-corrected chi connectivity index (χ3v) is 4.96. The van der Waals surface area contributed by atoms with E-state index in [1.54, 1.807) is 34.5 Å². The van der Waals surface area contributed by atoms with Crippen LogP contribution in [0.4, 0.5) is 4.39 Å². The lowest BCUT2D eigenvalue weighted by Crippen LogP contribution is -1.98. The highest BCUT2D eigenvalue weighted by atomic mass is 32.2. The van der Waals surface area contributed by atoms with Gasteiger partial charge in [-0.2, -0.15) is 9.61 Å². The molecule has 6 heteroatoms. The largest absolute Gasteiger partial charge is 0.206 e. The molecule has 25 heavy (non-hydrogen) atoms. The Morgan fingerprint density at radius 2 is 1.76 bits per heavy atom. The lowest BCUT2D eigenvalue weighted by Gasteiger charge is -2.06. The molecule has 0 fully saturated rings. The maximum atomic E-state index is 14.1. The smallest absolute Gasteiger partial charge is 0.188 e. The van der Waals surface area contributed by atoms with E-state index in [1.807, 2.05) is 24.3 Å². The van der Waals surface area contributed by atoms with Gasteiger partial charge >= 0.3 is 0 Å². The van der Waals surface area contributed by atoms with Gasteiger partial charge in [-0.25, -0.2) is 4.39 Å². The van der Waals surface area contributed by atoms with Gasteiger partial charge in [0.15, 0.2) is 11.5 Å². The maximum absolute atomic E-state index is 14.1. The van der Waals surface area contributed by atoms with Crippen molar-refractivity contribution >= 4 is 17.4 Å². The number of thioether (sulfide) groups is 1. The summed E-state index contributed by atoms with van der Waals surface area (Å²) in [4.78, 5) is 0. The molecule has 0 bridgehead atoms. The first-order chi connectivity index (χ1) is 12.2. The maximum Gasteiger partial charge on any atom is 0.188 e. The molecule has 0 spiro atoms. The molecule has 0 unspecified atom stereocenters. The monoisotopic (exact) mass is 350 g/mol. The van der Waals surface area contributed by atoms with Crippen LogP contribution in [-0.4, -0.2) is 19.8 Å². The van der Waals surface area contributed by atoms with Crippen molar-refractivity contribution in [2.24, 2.45) is 0 Å². The van der Waals surface area contributed by atoms with Crippen molar-refractivity contribution in [2.45, 2.75) is 17.7 Å². The molecule has 0 aliphatic heterocycles. The molecule has 0 saturated heterocycles. The van der Waals surface area contributed by atoms with E-state index in [1.165, 1.54) is 17.2 Å². The molecule has 0 saturated carbocycles. The van der Waals surface area contributed by atoms with E-state index < -0.39 is 0 Å². The summed E-state index contributed by atoms with van der Waals surface area (Å²) in [6.07, 6.45) is 0. The number of hydrogen-bond donors (Lipinski definition) is 0. The summed E-state index contributed by atoms with van der Waals surface area (Å²) >= 11 is 1.63. The first-order valence-corrected chi connectivity index (χ1v) is 8.85. The number of nitrogens with zero attached hydrogens (tertiary/aromatic N) is 4. The Hall–Kier alpha value is -2.73. The number of benzene rings is 2. The minimum atomic E-state index is -0.337. The van der Waals surface area contributed by atoms with E-state index in [9.17, 15) is 4.39 Å². The Balaban J connectivity index is 1.67. The summed E-state index contributed by atoms with van der Waals surface area (Å²) in [5.74, 6) is 0.894. The SMILES string of the molecule is Cc1ccccc1CSc1ccc2nnc(-c3ccccc3F)n2n1. The number of fused-ring (bicyclic) bond motifs is 1. The molecule has 2 aromatic carbocycles. The van der Waals surface area contributed by atoms with Crippen LogP contribution in [0.3, 0.4) is 0 Å². The van der Waals surface area contributed by atoms with Crippen molar-refractivity contribution in [2.75, 3.05) is 0 Å². The number of halogens is 1. The fraction of sp³-hybridized carbons (Fsp3) is 0.105. The van der Waals surface area contributed by atoms with E-state index in [4.69, 9.17) is 0 Å². The van der Waals surface area contributed by atoms with Gasteiger partial charge in [-0.3, -0.25) is 0 Å². The average Bonchev–Trinajstić information content (AvgIpc) is 3.04. The molecule has 4 rings (SSSR count). The van der Waals surface area contributed by atoms with Crippen molar-refractivity contribution in [1.82, 2.24) is 19.8 Å². The van der Waals surface area contributed by atoms with E-state index in [-0.39, 0.29) is 5.82 Å². The van der Waals surface area contributed by atoms with Gasteiger partial charge in [0.2, 0.25) is 0 Å². The number of aryl methyl sites for hydroxylation is 1. The van der Waals surface area contributed by atoms with Gasteiger partial charge in [-0.1, -0.05) is 48.2 Å². The molecule has 0 aliphatic carbocycles. The van der Waals surface area contributed by atoms with E-state index in [0.29, 0.717) is 17.0 Å². The highest BCUT2D eigenvalue weighted by Gasteiger charge is 2.13. The topological polar surface area (TPSA) is 43.1 Å². The van der Waals surface area contributed by atoms with Crippen molar-refractivity contribution in [1.29, 1.82) is 0 Å². The van der Waals surface area contributed by atoms with Crippen LogP contribution in [0.25, 0.3) is 17.0 Å². The standard InChI is InChI=1S/C19H15FN4S/c1-13-6-2-3-7-14(13)12-25-18-11-10-17-21-22-19(24(17)23-18)15-8-4-5-9-16(15)20/h2-11H,12H2,1H3. The zero-order chi connectivity index (χ0) is 17.2. The number of aromatic nitrogens is 4.